The molecule has 0 aromatic heterocycles. The fourth-order valence-electron chi connectivity index (χ4n) is 1.56. The fraction of sp³-hybridized carbons (Fsp3) is 0.867. The van der Waals surface area contributed by atoms with Crippen LogP contribution in [0.1, 0.15) is 48.0 Å². The summed E-state index contributed by atoms with van der Waals surface area (Å²) >= 11 is 0. The molecule has 0 bridgehead atoms. The minimum atomic E-state index is -1.04. The molecule has 8 heteroatoms. The Hall–Kier alpha value is -1.54. The summed E-state index contributed by atoms with van der Waals surface area (Å²) in [6.45, 7) is 10.1. The maximum Gasteiger partial charge on any atom is 0.408 e. The number of carbonyl (C=O) groups excluding carboxylic acids is 2. The second kappa shape index (κ2) is 8.93. The third kappa shape index (κ3) is 11.7. The number of nitrogens with one attached hydrogen (secondary N) is 2. The standard InChI is InChI=1S/C15H30N2O6/c1-14(2,3)22-12(20)16-8-7-11(19)10(9-18)17-13(21)23-15(4,5)6/h10-11,18-19H,7-9H2,1-6H3,(H,16,20)(H,17,21). The SMILES string of the molecule is CC(C)(C)OC(=O)NCCC(O)C(CO)NC(=O)OC(C)(C)C. The van der Waals surface area contributed by atoms with Crippen LogP contribution in [-0.2, 0) is 9.47 Å². The fourth-order valence-corrected chi connectivity index (χ4v) is 1.56. The molecule has 0 rings (SSSR count). The lowest BCUT2D eigenvalue weighted by molar-refractivity contribution is 0.0324. The highest BCUT2D eigenvalue weighted by Gasteiger charge is 2.24. The van der Waals surface area contributed by atoms with Gasteiger partial charge >= 0.3 is 12.2 Å². The average Bonchev–Trinajstić information content (AvgIpc) is 2.31. The molecule has 4 N–H and O–H groups in total. The largest absolute Gasteiger partial charge is 0.444 e. The van der Waals surface area contributed by atoms with Crippen LogP contribution in [0, 0.1) is 0 Å². The molecule has 0 radical (unpaired) electrons. The van der Waals surface area contributed by atoms with Crippen LogP contribution in [0.5, 0.6) is 0 Å². The van der Waals surface area contributed by atoms with Gasteiger partial charge in [0.15, 0.2) is 0 Å². The molecule has 0 aliphatic heterocycles. The van der Waals surface area contributed by atoms with Crippen molar-refractivity contribution >= 4 is 12.2 Å². The zero-order valence-corrected chi connectivity index (χ0v) is 14.8. The summed E-state index contributed by atoms with van der Waals surface area (Å²) in [5.74, 6) is 0. The lowest BCUT2D eigenvalue weighted by atomic mass is 10.1. The quantitative estimate of drug-likeness (QED) is 0.579. The van der Waals surface area contributed by atoms with Crippen LogP contribution in [0.3, 0.4) is 0 Å². The Bertz CT molecular complexity index is 386. The summed E-state index contributed by atoms with van der Waals surface area (Å²) in [5, 5.41) is 24.1. The molecule has 0 aliphatic carbocycles. The summed E-state index contributed by atoms with van der Waals surface area (Å²) in [6, 6.07) is -0.884. The molecule has 2 atom stereocenters. The van der Waals surface area contributed by atoms with Crippen molar-refractivity contribution in [3.63, 3.8) is 0 Å². The zero-order valence-electron chi connectivity index (χ0n) is 14.8. The molecule has 0 heterocycles. The monoisotopic (exact) mass is 334 g/mol. The Labute approximate surface area is 137 Å². The second-order valence-corrected chi connectivity index (χ2v) is 7.22. The first-order valence-electron chi connectivity index (χ1n) is 7.59. The number of hydrogen-bond acceptors (Lipinski definition) is 6. The van der Waals surface area contributed by atoms with Crippen LogP contribution < -0.4 is 10.6 Å². The van der Waals surface area contributed by atoms with E-state index in [0.717, 1.165) is 0 Å². The molecular weight excluding hydrogens is 304 g/mol. The molecule has 2 amide bonds. The summed E-state index contributed by atoms with van der Waals surface area (Å²) in [7, 11) is 0. The second-order valence-electron chi connectivity index (χ2n) is 7.22. The first kappa shape index (κ1) is 21.5. The number of amides is 2. The number of aliphatic hydroxyl groups is 2. The van der Waals surface area contributed by atoms with Gasteiger partial charge in [-0.15, -0.1) is 0 Å². The third-order valence-electron chi connectivity index (χ3n) is 2.47. The maximum absolute atomic E-state index is 11.6. The Morgan fingerprint density at radius 2 is 1.48 bits per heavy atom. The predicted octanol–water partition coefficient (Wildman–Crippen LogP) is 1.15. The lowest BCUT2D eigenvalue weighted by Crippen LogP contribution is -2.48. The molecule has 0 saturated carbocycles. The van der Waals surface area contributed by atoms with Crippen molar-refractivity contribution in [1.82, 2.24) is 10.6 Å². The highest BCUT2D eigenvalue weighted by atomic mass is 16.6. The van der Waals surface area contributed by atoms with Gasteiger partial charge < -0.3 is 30.3 Å². The van der Waals surface area contributed by atoms with Crippen molar-refractivity contribution in [1.29, 1.82) is 0 Å². The van der Waals surface area contributed by atoms with Crippen molar-refractivity contribution in [3.8, 4) is 0 Å². The van der Waals surface area contributed by atoms with E-state index in [1.807, 2.05) is 0 Å². The Morgan fingerprint density at radius 1 is 1.00 bits per heavy atom. The topological polar surface area (TPSA) is 117 Å². The van der Waals surface area contributed by atoms with Crippen LogP contribution in [-0.4, -0.2) is 58.9 Å². The Morgan fingerprint density at radius 3 is 1.91 bits per heavy atom. The number of hydrogen-bond donors (Lipinski definition) is 4. The van der Waals surface area contributed by atoms with Crippen LogP contribution in [0.25, 0.3) is 0 Å². The van der Waals surface area contributed by atoms with Crippen LogP contribution in [0.4, 0.5) is 9.59 Å². The van der Waals surface area contributed by atoms with Gasteiger partial charge in [0.1, 0.15) is 11.2 Å². The highest BCUT2D eigenvalue weighted by Crippen LogP contribution is 2.08. The molecule has 0 aromatic carbocycles. The van der Waals surface area contributed by atoms with Gasteiger partial charge in [0, 0.05) is 6.54 Å². The van der Waals surface area contributed by atoms with Gasteiger partial charge in [0.25, 0.3) is 0 Å². The molecule has 0 spiro atoms. The number of carbonyl (C=O) groups is 2. The summed E-state index contributed by atoms with van der Waals surface area (Å²) in [4.78, 5) is 23.1. The van der Waals surface area contributed by atoms with Gasteiger partial charge in [0.05, 0.1) is 18.8 Å². The molecule has 136 valence electrons. The summed E-state index contributed by atoms with van der Waals surface area (Å²) in [5.41, 5.74) is -1.28. The van der Waals surface area contributed by atoms with Gasteiger partial charge in [-0.1, -0.05) is 0 Å². The van der Waals surface area contributed by atoms with E-state index in [1.54, 1.807) is 41.5 Å². The van der Waals surface area contributed by atoms with Crippen LogP contribution in [0.2, 0.25) is 0 Å². The molecule has 8 nitrogen and oxygen atoms in total. The van der Waals surface area contributed by atoms with E-state index in [2.05, 4.69) is 10.6 Å². The summed E-state index contributed by atoms with van der Waals surface area (Å²) < 4.78 is 10.1. The van der Waals surface area contributed by atoms with Gasteiger partial charge in [-0.25, -0.2) is 9.59 Å². The van der Waals surface area contributed by atoms with Crippen molar-refractivity contribution < 1.29 is 29.3 Å². The van der Waals surface area contributed by atoms with E-state index in [9.17, 15) is 19.8 Å². The predicted molar refractivity (Wildman–Crippen MR) is 85.1 cm³/mol. The molecule has 23 heavy (non-hydrogen) atoms. The van der Waals surface area contributed by atoms with Crippen molar-refractivity contribution in [2.75, 3.05) is 13.2 Å². The van der Waals surface area contributed by atoms with Crippen molar-refractivity contribution in [3.05, 3.63) is 0 Å². The minimum Gasteiger partial charge on any atom is -0.444 e. The molecule has 0 aromatic rings. The number of aliphatic hydroxyl groups excluding tert-OH is 2. The zero-order chi connectivity index (χ0) is 18.3. The Balaban J connectivity index is 4.22. The molecular formula is C15H30N2O6. The van der Waals surface area contributed by atoms with E-state index < -0.39 is 42.1 Å². The van der Waals surface area contributed by atoms with E-state index in [-0.39, 0.29) is 13.0 Å². The van der Waals surface area contributed by atoms with E-state index in [0.29, 0.717) is 0 Å². The van der Waals surface area contributed by atoms with Crippen LogP contribution in [0.15, 0.2) is 0 Å². The van der Waals surface area contributed by atoms with E-state index in [1.165, 1.54) is 0 Å². The number of alkyl carbamates (subject to hydrolysis) is 2. The van der Waals surface area contributed by atoms with Crippen LogP contribution >= 0.6 is 0 Å². The van der Waals surface area contributed by atoms with E-state index >= 15 is 0 Å². The molecule has 2 unspecified atom stereocenters. The van der Waals surface area contributed by atoms with Gasteiger partial charge in [-0.3, -0.25) is 0 Å². The first-order chi connectivity index (χ1) is 10.3. The number of rotatable bonds is 6. The van der Waals surface area contributed by atoms with Gasteiger partial charge in [-0.2, -0.15) is 0 Å². The van der Waals surface area contributed by atoms with Gasteiger partial charge in [0.2, 0.25) is 0 Å². The molecule has 0 aliphatic rings. The highest BCUT2D eigenvalue weighted by molar-refractivity contribution is 5.68. The smallest absolute Gasteiger partial charge is 0.408 e. The normalized spacial score (nSPS) is 14.6. The van der Waals surface area contributed by atoms with Gasteiger partial charge in [-0.05, 0) is 48.0 Å². The Kier molecular flexibility index (Phi) is 8.33. The third-order valence-corrected chi connectivity index (χ3v) is 2.47. The molecule has 0 fully saturated rings. The lowest BCUT2D eigenvalue weighted by Gasteiger charge is -2.25. The molecule has 0 saturated heterocycles. The maximum atomic E-state index is 11.6. The van der Waals surface area contributed by atoms with Crippen molar-refractivity contribution in [2.24, 2.45) is 0 Å². The minimum absolute atomic E-state index is 0.139. The average molecular weight is 334 g/mol. The van der Waals surface area contributed by atoms with Crippen molar-refractivity contribution in [2.45, 2.75) is 71.3 Å². The number of ether oxygens (including phenoxy) is 2. The summed E-state index contributed by atoms with van der Waals surface area (Å²) in [6.07, 6.45) is -2.22. The van der Waals surface area contributed by atoms with E-state index in [4.69, 9.17) is 9.47 Å². The first-order valence-corrected chi connectivity index (χ1v) is 7.59.